The third-order valence-electron chi connectivity index (χ3n) is 13.3. The first-order chi connectivity index (χ1) is 32.9. The summed E-state index contributed by atoms with van der Waals surface area (Å²) in [6.07, 6.45) is 6.89. The lowest BCUT2D eigenvalue weighted by Gasteiger charge is -2.39. The molecule has 0 saturated carbocycles. The minimum atomic E-state index is -4.61. The highest BCUT2D eigenvalue weighted by molar-refractivity contribution is 7.94. The Kier molecular flexibility index (Phi) is 15.0. The second-order valence-electron chi connectivity index (χ2n) is 19.2. The number of ether oxygens (including phenoxy) is 1. The average Bonchev–Trinajstić information content (AvgIpc) is 3.79. The predicted octanol–water partition coefficient (Wildman–Crippen LogP) is 8.72. The van der Waals surface area contributed by atoms with E-state index in [1.807, 2.05) is 25.1 Å². The molecule has 366 valence electrons. The summed E-state index contributed by atoms with van der Waals surface area (Å²) in [6, 6.07) is 20.4. The van der Waals surface area contributed by atoms with Crippen LogP contribution >= 0.6 is 11.6 Å². The Balaban J connectivity index is 0.970. The van der Waals surface area contributed by atoms with Gasteiger partial charge in [-0.15, -0.1) is 0 Å². The molecule has 2 aliphatic heterocycles. The Morgan fingerprint density at radius 1 is 1.00 bits per heavy atom. The number of piperazine rings is 1. The fourth-order valence-corrected chi connectivity index (χ4v) is 12.5. The van der Waals surface area contributed by atoms with E-state index in [0.717, 1.165) is 61.1 Å². The molecule has 2 fully saturated rings. The van der Waals surface area contributed by atoms with E-state index < -0.39 is 41.2 Å². The average molecular weight is 1000 g/mol. The molecule has 16 nitrogen and oxygen atoms in total. The summed E-state index contributed by atoms with van der Waals surface area (Å²) in [5.41, 5.74) is 5.61. The van der Waals surface area contributed by atoms with Crippen molar-refractivity contribution in [2.45, 2.75) is 64.7 Å². The van der Waals surface area contributed by atoms with Gasteiger partial charge in [-0.05, 0) is 90.6 Å². The third kappa shape index (κ3) is 12.2. The maximum absolute atomic E-state index is 14.0. The van der Waals surface area contributed by atoms with Crippen molar-refractivity contribution in [3.8, 4) is 11.5 Å². The zero-order valence-electron chi connectivity index (χ0n) is 39.4. The highest BCUT2D eigenvalue weighted by Crippen LogP contribution is 2.43. The van der Waals surface area contributed by atoms with Crippen molar-refractivity contribution < 1.29 is 31.9 Å². The minimum absolute atomic E-state index is 0.0591. The van der Waals surface area contributed by atoms with E-state index in [0.29, 0.717) is 49.7 Å². The molecule has 5 aromatic rings. The summed E-state index contributed by atoms with van der Waals surface area (Å²) in [5.74, 6) is -0.456. The van der Waals surface area contributed by atoms with Gasteiger partial charge in [-0.1, -0.05) is 63.1 Å². The number of H-pyrrole nitrogens is 1. The molecule has 19 heteroatoms. The van der Waals surface area contributed by atoms with Crippen molar-refractivity contribution >= 4 is 71.1 Å². The molecule has 3 aliphatic rings. The summed E-state index contributed by atoms with van der Waals surface area (Å²) < 4.78 is 53.1. The van der Waals surface area contributed by atoms with Crippen LogP contribution in [-0.2, 0) is 31.0 Å². The highest BCUT2D eigenvalue weighted by Gasteiger charge is 2.31. The number of rotatable bonds is 15. The van der Waals surface area contributed by atoms with E-state index in [1.165, 1.54) is 41.1 Å². The minimum Gasteiger partial charge on any atom is -0.455 e. The van der Waals surface area contributed by atoms with E-state index in [9.17, 15) is 32.3 Å². The molecule has 3 aromatic carbocycles. The zero-order chi connectivity index (χ0) is 49.1. The van der Waals surface area contributed by atoms with Crippen LogP contribution in [0, 0.1) is 21.4 Å². The summed E-state index contributed by atoms with van der Waals surface area (Å²) in [4.78, 5) is 51.4. The number of pyridine rings is 1. The number of hydrogen-bond acceptors (Lipinski definition) is 12. The zero-order valence-corrected chi connectivity index (χ0v) is 41.8. The van der Waals surface area contributed by atoms with Gasteiger partial charge in [0, 0.05) is 110 Å². The Labute approximate surface area is 408 Å². The smallest absolute Gasteiger partial charge is 0.273 e. The molecule has 2 aromatic heterocycles. The number of nitro groups is 1. The first-order valence-corrected chi connectivity index (χ1v) is 27.1. The van der Waals surface area contributed by atoms with Crippen molar-refractivity contribution in [3.05, 3.63) is 123 Å². The van der Waals surface area contributed by atoms with Crippen LogP contribution in [0.4, 0.5) is 11.4 Å². The van der Waals surface area contributed by atoms with Gasteiger partial charge in [0.25, 0.3) is 27.5 Å². The Morgan fingerprint density at radius 2 is 1.74 bits per heavy atom. The lowest BCUT2D eigenvalue weighted by atomic mass is 9.72. The lowest BCUT2D eigenvalue weighted by molar-refractivity contribution is -0.385. The number of nitrogens with zero attached hydrogens (tertiary/aromatic N) is 6. The number of sulfonamides is 1. The third-order valence-corrected chi connectivity index (χ3v) is 17.1. The van der Waals surface area contributed by atoms with Crippen LogP contribution in [0.5, 0.6) is 11.5 Å². The first-order valence-electron chi connectivity index (χ1n) is 23.4. The summed E-state index contributed by atoms with van der Waals surface area (Å²) in [7, 11) is -7.21. The van der Waals surface area contributed by atoms with Crippen molar-refractivity contribution in [2.24, 2.45) is 15.7 Å². The molecule has 2 amide bonds. The van der Waals surface area contributed by atoms with Crippen LogP contribution < -0.4 is 14.4 Å². The summed E-state index contributed by atoms with van der Waals surface area (Å²) in [6.45, 7) is 13.6. The number of carbonyl (C=O) groups excluding carboxylic acids is 2. The number of halogens is 1. The molecule has 2 N–H and O–H groups in total. The fourth-order valence-electron chi connectivity index (χ4n) is 9.43. The maximum atomic E-state index is 14.0. The highest BCUT2D eigenvalue weighted by atomic mass is 35.5. The number of anilines is 1. The van der Waals surface area contributed by atoms with E-state index in [4.69, 9.17) is 16.3 Å². The second-order valence-corrected chi connectivity index (χ2v) is 23.8. The quantitative estimate of drug-likeness (QED) is 0.0748. The predicted molar refractivity (Wildman–Crippen MR) is 270 cm³/mol. The Bertz CT molecular complexity index is 3020. The summed E-state index contributed by atoms with van der Waals surface area (Å²) in [5, 5.41) is 13.9. The SMILES string of the molecule is CCC(=O)N=S1(=O)CCN(C[C@H](C)Cc2ccc(S(=O)(=O)NC(=O)c3ccc(N4CCN(CC5=C(c6ccc(Cl)cc6)CC(C)(C)CC5)CC4)cc3Oc3cnc4[nH]ccc4c3)cc2[N+](=O)[O-])CC1. The molecule has 0 spiro atoms. The number of amides is 2. The van der Waals surface area contributed by atoms with E-state index in [-0.39, 0.29) is 52.9 Å². The number of fused-ring (bicyclic) bond motifs is 1. The molecular weight excluding hydrogens is 940 g/mol. The molecule has 1 aliphatic carbocycles. The van der Waals surface area contributed by atoms with Gasteiger partial charge in [0.05, 0.1) is 31.3 Å². The Morgan fingerprint density at radius 3 is 2.45 bits per heavy atom. The fraction of sp³-hybridized carbons (Fsp3) is 0.420. The second kappa shape index (κ2) is 20.7. The normalized spacial score (nSPS) is 18.2. The van der Waals surface area contributed by atoms with E-state index in [2.05, 4.69) is 59.7 Å². The van der Waals surface area contributed by atoms with Crippen molar-refractivity contribution in [3.63, 3.8) is 0 Å². The molecule has 0 unspecified atom stereocenters. The Hall–Kier alpha value is -5.66. The maximum Gasteiger partial charge on any atom is 0.273 e. The number of carbonyl (C=O) groups is 2. The lowest BCUT2D eigenvalue weighted by Crippen LogP contribution is -2.47. The molecule has 0 bridgehead atoms. The van der Waals surface area contributed by atoms with Crippen molar-refractivity contribution in [1.82, 2.24) is 24.5 Å². The molecule has 2 saturated heterocycles. The standard InChI is InChI=1S/C50H59ClN8O8S2/c1-5-47(60)54-68(64)24-22-57(23-25-68)32-34(2)26-36-8-12-42(29-45(36)59(62)63)69(65,66)55-49(61)43-13-11-40(28-46(43)67-41-27-37-15-17-52-48(37)53-31-41)58-20-18-56(19-21-58)33-38-14-16-50(3,4)30-44(38)35-6-9-39(51)10-7-35/h6-13,15,17,27-29,31,34H,5,14,16,18-26,30,32-33H2,1-4H3,(H,52,53)(H,55,61)/t34-/m1/s1. The molecule has 0 radical (unpaired) electrons. The summed E-state index contributed by atoms with van der Waals surface area (Å²) >= 11 is 6.25. The van der Waals surface area contributed by atoms with Crippen LogP contribution in [-0.4, -0.2) is 113 Å². The number of benzene rings is 3. The van der Waals surface area contributed by atoms with Gasteiger partial charge in [0.1, 0.15) is 17.1 Å². The van der Waals surface area contributed by atoms with Crippen LogP contribution in [0.3, 0.4) is 0 Å². The molecule has 1 atom stereocenters. The largest absolute Gasteiger partial charge is 0.455 e. The van der Waals surface area contributed by atoms with E-state index >= 15 is 0 Å². The van der Waals surface area contributed by atoms with Gasteiger partial charge in [0.15, 0.2) is 0 Å². The van der Waals surface area contributed by atoms with Gasteiger partial charge >= 0.3 is 0 Å². The van der Waals surface area contributed by atoms with Crippen LogP contribution in [0.25, 0.3) is 16.6 Å². The number of nitrogens with one attached hydrogen (secondary N) is 2. The van der Waals surface area contributed by atoms with Crippen LogP contribution in [0.15, 0.2) is 100 Å². The monoisotopic (exact) mass is 998 g/mol. The number of hydrogen-bond donors (Lipinski definition) is 2. The number of aromatic nitrogens is 2. The number of aromatic amines is 1. The van der Waals surface area contributed by atoms with E-state index in [1.54, 1.807) is 31.3 Å². The van der Waals surface area contributed by atoms with Crippen LogP contribution in [0.1, 0.15) is 74.9 Å². The van der Waals surface area contributed by atoms with Gasteiger partial charge < -0.3 is 19.5 Å². The topological polar surface area (TPSA) is 201 Å². The molecule has 4 heterocycles. The van der Waals surface area contributed by atoms with Gasteiger partial charge in [0.2, 0.25) is 0 Å². The van der Waals surface area contributed by atoms with Gasteiger partial charge in [-0.3, -0.25) is 24.6 Å². The number of nitro benzene ring substituents is 1. The van der Waals surface area contributed by atoms with Crippen LogP contribution in [0.2, 0.25) is 5.02 Å². The molecule has 8 rings (SSSR count). The molecular formula is C50H59ClN8O8S2. The molecule has 69 heavy (non-hydrogen) atoms. The van der Waals surface area contributed by atoms with Gasteiger partial charge in [-0.25, -0.2) is 22.3 Å². The van der Waals surface area contributed by atoms with Crippen molar-refractivity contribution in [1.29, 1.82) is 0 Å². The first kappa shape index (κ1) is 49.8. The van der Waals surface area contributed by atoms with Crippen molar-refractivity contribution in [2.75, 3.05) is 68.8 Å². The van der Waals surface area contributed by atoms with Gasteiger partial charge in [-0.2, -0.15) is 4.36 Å². The number of allylic oxidation sites excluding steroid dienone is 1.